The molecule has 3 aromatic rings. The Morgan fingerprint density at radius 1 is 0.867 bits per heavy atom. The Kier molecular flexibility index (Phi) is 5.68. The lowest BCUT2D eigenvalue weighted by atomic mass is 9.99. The van der Waals surface area contributed by atoms with Gasteiger partial charge in [0, 0.05) is 23.5 Å². The molecular formula is C26H24N4. The molecule has 0 bridgehead atoms. The monoisotopic (exact) mass is 392 g/mol. The molecule has 0 unspecified atom stereocenters. The average Bonchev–Trinajstić information content (AvgIpc) is 3.33. The maximum Gasteiger partial charge on any atom is 0.136 e. The zero-order valence-corrected chi connectivity index (χ0v) is 17.1. The van der Waals surface area contributed by atoms with E-state index in [0.29, 0.717) is 5.22 Å². The highest BCUT2D eigenvalue weighted by Crippen LogP contribution is 2.25. The summed E-state index contributed by atoms with van der Waals surface area (Å²) in [7, 11) is 0. The Labute approximate surface area is 177 Å². The van der Waals surface area contributed by atoms with Gasteiger partial charge in [0.05, 0.1) is 6.04 Å². The Morgan fingerprint density at radius 2 is 1.50 bits per heavy atom. The molecule has 4 nitrogen and oxygen atoms in total. The number of hydrogen-bond donors (Lipinski definition) is 1. The van der Waals surface area contributed by atoms with Gasteiger partial charge in [-0.2, -0.15) is 10.5 Å². The van der Waals surface area contributed by atoms with E-state index in [1.165, 1.54) is 29.2 Å². The summed E-state index contributed by atoms with van der Waals surface area (Å²) in [6.45, 7) is 4.25. The molecule has 0 radical (unpaired) electrons. The summed E-state index contributed by atoms with van der Waals surface area (Å²) < 4.78 is 0. The number of nitrogens with zero attached hydrogens (tertiary/aromatic N) is 3. The van der Waals surface area contributed by atoms with Crippen LogP contribution in [0.4, 0.5) is 0 Å². The molecule has 3 aromatic carbocycles. The minimum absolute atomic E-state index is 0.131. The van der Waals surface area contributed by atoms with Gasteiger partial charge in [-0.3, -0.25) is 0 Å². The lowest BCUT2D eigenvalue weighted by Gasteiger charge is -2.27. The largest absolute Gasteiger partial charge is 0.365 e. The lowest BCUT2D eigenvalue weighted by molar-refractivity contribution is 0.443. The first kappa shape index (κ1) is 19.6. The number of rotatable bonds is 4. The van der Waals surface area contributed by atoms with Crippen LogP contribution in [0.15, 0.2) is 66.7 Å². The second kappa shape index (κ2) is 8.72. The van der Waals surface area contributed by atoms with Crippen LogP contribution in [0.5, 0.6) is 0 Å². The Morgan fingerprint density at radius 3 is 2.20 bits per heavy atom. The van der Waals surface area contributed by atoms with Crippen molar-refractivity contribution in [3.8, 4) is 12.1 Å². The minimum Gasteiger partial charge on any atom is -0.365 e. The van der Waals surface area contributed by atoms with Crippen molar-refractivity contribution in [2.75, 3.05) is 13.1 Å². The number of fused-ring (bicyclic) bond motifs is 1. The highest BCUT2D eigenvalue weighted by atomic mass is 15.3. The molecule has 1 N–H and O–H groups in total. The predicted molar refractivity (Wildman–Crippen MR) is 120 cm³/mol. The van der Waals surface area contributed by atoms with Crippen molar-refractivity contribution in [3.63, 3.8) is 0 Å². The van der Waals surface area contributed by atoms with Crippen molar-refractivity contribution < 1.29 is 0 Å². The van der Waals surface area contributed by atoms with E-state index in [9.17, 15) is 0 Å². The van der Waals surface area contributed by atoms with Gasteiger partial charge >= 0.3 is 0 Å². The van der Waals surface area contributed by atoms with Gasteiger partial charge in [0.1, 0.15) is 23.5 Å². The van der Waals surface area contributed by atoms with E-state index in [1.807, 2.05) is 36.4 Å². The molecule has 1 aliphatic heterocycles. The third kappa shape index (κ3) is 3.86. The van der Waals surface area contributed by atoms with E-state index in [1.54, 1.807) is 0 Å². The van der Waals surface area contributed by atoms with Crippen LogP contribution in [-0.4, -0.2) is 18.0 Å². The first-order chi connectivity index (χ1) is 14.7. The van der Waals surface area contributed by atoms with Gasteiger partial charge in [0.15, 0.2) is 0 Å². The zero-order chi connectivity index (χ0) is 20.9. The molecule has 0 aromatic heterocycles. The van der Waals surface area contributed by atoms with Crippen LogP contribution in [0, 0.1) is 22.7 Å². The van der Waals surface area contributed by atoms with E-state index in [0.717, 1.165) is 24.1 Å². The zero-order valence-electron chi connectivity index (χ0n) is 17.1. The second-order valence-electron chi connectivity index (χ2n) is 7.65. The van der Waals surface area contributed by atoms with Crippen LogP contribution in [0.3, 0.4) is 0 Å². The summed E-state index contributed by atoms with van der Waals surface area (Å²) in [5.74, 6) is 1.11. The van der Waals surface area contributed by atoms with Crippen molar-refractivity contribution >= 4 is 22.2 Å². The molecule has 0 amide bonds. The second-order valence-corrected chi connectivity index (χ2v) is 7.65. The molecule has 1 saturated heterocycles. The molecule has 0 aliphatic carbocycles. The normalized spacial score (nSPS) is 14.0. The van der Waals surface area contributed by atoms with Crippen LogP contribution >= 0.6 is 0 Å². The Balaban J connectivity index is 1.77. The summed E-state index contributed by atoms with van der Waals surface area (Å²) in [5, 5.41) is 26.3. The van der Waals surface area contributed by atoms with Crippen LogP contribution in [0.25, 0.3) is 22.2 Å². The third-order valence-electron chi connectivity index (χ3n) is 5.74. The van der Waals surface area contributed by atoms with Crippen LogP contribution in [-0.2, 0) is 0 Å². The highest BCUT2D eigenvalue weighted by Gasteiger charge is 2.18. The van der Waals surface area contributed by atoms with Crippen LogP contribution < -0.4 is 15.8 Å². The van der Waals surface area contributed by atoms with Gasteiger partial charge in [0.25, 0.3) is 0 Å². The van der Waals surface area contributed by atoms with E-state index < -0.39 is 0 Å². The predicted octanol–water partition coefficient (Wildman–Crippen LogP) is 3.55. The molecule has 0 saturated carbocycles. The fourth-order valence-electron chi connectivity index (χ4n) is 4.16. The van der Waals surface area contributed by atoms with Gasteiger partial charge in [-0.05, 0) is 36.1 Å². The molecule has 1 atom stereocenters. The summed E-state index contributed by atoms with van der Waals surface area (Å²) in [6, 6.07) is 26.7. The first-order valence-electron chi connectivity index (χ1n) is 10.4. The molecule has 1 fully saturated rings. The molecule has 0 spiro atoms. The van der Waals surface area contributed by atoms with E-state index in [2.05, 4.69) is 59.6 Å². The summed E-state index contributed by atoms with van der Waals surface area (Å²) >= 11 is 0. The smallest absolute Gasteiger partial charge is 0.136 e. The summed E-state index contributed by atoms with van der Waals surface area (Å²) in [5.41, 5.74) is 1.41. The van der Waals surface area contributed by atoms with Gasteiger partial charge in [0.2, 0.25) is 0 Å². The molecule has 148 valence electrons. The van der Waals surface area contributed by atoms with Gasteiger partial charge in [-0.1, -0.05) is 66.7 Å². The number of nitriles is 2. The quantitative estimate of drug-likeness (QED) is 0.738. The van der Waals surface area contributed by atoms with E-state index in [4.69, 9.17) is 10.5 Å². The average molecular weight is 393 g/mol. The molecule has 30 heavy (non-hydrogen) atoms. The lowest BCUT2D eigenvalue weighted by Crippen LogP contribution is -2.35. The SMILES string of the molecule is C[C@H](NC(=c1ccc(=C(C#N)C#N)cc1)N1CCCC1)c1cccc2ccccc12. The maximum absolute atomic E-state index is 9.13. The van der Waals surface area contributed by atoms with Crippen molar-refractivity contribution in [3.05, 3.63) is 82.7 Å². The summed E-state index contributed by atoms with van der Waals surface area (Å²) in [6.07, 6.45) is 2.37. The number of hydrogen-bond acceptors (Lipinski definition) is 4. The standard InChI is InChI=1S/C26H24N4/c1-19(24-10-6-8-21-7-2-3-9-25(21)24)29-26(30-15-4-5-16-30)22-13-11-20(12-14-22)23(17-27)18-28/h2-3,6-14,19,29H,4-5,15-16H2,1H3/t19-/m0/s1. The Hall–Kier alpha value is -3.76. The molecule has 4 rings (SSSR count). The van der Waals surface area contributed by atoms with Crippen molar-refractivity contribution in [1.29, 1.82) is 10.5 Å². The van der Waals surface area contributed by atoms with Crippen molar-refractivity contribution in [2.45, 2.75) is 25.8 Å². The topological polar surface area (TPSA) is 62.9 Å². The van der Waals surface area contributed by atoms with Gasteiger partial charge in [-0.25, -0.2) is 0 Å². The number of nitrogens with one attached hydrogen (secondary N) is 1. The molecule has 4 heteroatoms. The molecule has 1 heterocycles. The van der Waals surface area contributed by atoms with Gasteiger partial charge in [-0.15, -0.1) is 0 Å². The van der Waals surface area contributed by atoms with Crippen LogP contribution in [0.1, 0.15) is 31.4 Å². The Bertz CT molecular complexity index is 1230. The number of benzene rings is 3. The fraction of sp³-hybridized carbons (Fsp3) is 0.231. The van der Waals surface area contributed by atoms with Crippen LogP contribution in [0.2, 0.25) is 0 Å². The van der Waals surface area contributed by atoms with Gasteiger partial charge < -0.3 is 10.2 Å². The van der Waals surface area contributed by atoms with E-state index in [-0.39, 0.29) is 11.6 Å². The minimum atomic E-state index is 0.131. The van der Waals surface area contributed by atoms with Crippen molar-refractivity contribution in [2.24, 2.45) is 0 Å². The number of likely N-dealkylation sites (tertiary alicyclic amines) is 1. The first-order valence-corrected chi connectivity index (χ1v) is 10.4. The molecule has 1 aliphatic rings. The summed E-state index contributed by atoms with van der Waals surface area (Å²) in [4.78, 5) is 2.40. The third-order valence-corrected chi connectivity index (χ3v) is 5.74. The fourth-order valence-corrected chi connectivity index (χ4v) is 4.16. The highest BCUT2D eigenvalue weighted by molar-refractivity contribution is 5.86. The maximum atomic E-state index is 9.13. The molecular weight excluding hydrogens is 368 g/mol. The van der Waals surface area contributed by atoms with Crippen molar-refractivity contribution in [1.82, 2.24) is 10.2 Å². The van der Waals surface area contributed by atoms with E-state index >= 15 is 0 Å².